The Balaban J connectivity index is 1.73. The molecule has 0 saturated heterocycles. The predicted octanol–water partition coefficient (Wildman–Crippen LogP) is 3.27. The van der Waals surface area contributed by atoms with Crippen molar-refractivity contribution in [1.29, 1.82) is 0 Å². The molecule has 0 fully saturated rings. The van der Waals surface area contributed by atoms with E-state index in [4.69, 9.17) is 11.6 Å². The lowest BCUT2D eigenvalue weighted by Gasteiger charge is -2.21. The third kappa shape index (κ3) is 3.47. The van der Waals surface area contributed by atoms with Crippen LogP contribution in [0.1, 0.15) is 34.0 Å². The lowest BCUT2D eigenvalue weighted by atomic mass is 10.2. The summed E-state index contributed by atoms with van der Waals surface area (Å²) in [7, 11) is 1.74. The molecule has 0 radical (unpaired) electrons. The molecule has 3 rings (SSSR count). The fourth-order valence-electron chi connectivity index (χ4n) is 2.24. The van der Waals surface area contributed by atoms with Crippen LogP contribution in [-0.2, 0) is 6.54 Å². The first-order valence-corrected chi connectivity index (χ1v) is 8.62. The summed E-state index contributed by atoms with van der Waals surface area (Å²) >= 11 is 7.67. The van der Waals surface area contributed by atoms with Crippen LogP contribution in [0.2, 0.25) is 5.02 Å². The summed E-state index contributed by atoms with van der Waals surface area (Å²) < 4.78 is 1.61. The van der Waals surface area contributed by atoms with Crippen molar-refractivity contribution in [2.75, 3.05) is 7.05 Å². The van der Waals surface area contributed by atoms with Crippen molar-refractivity contribution in [2.24, 2.45) is 0 Å². The van der Waals surface area contributed by atoms with Crippen molar-refractivity contribution in [1.82, 2.24) is 24.9 Å². The van der Waals surface area contributed by atoms with Crippen LogP contribution in [0.3, 0.4) is 0 Å². The minimum absolute atomic E-state index is 0.119. The molecule has 1 aromatic carbocycles. The first kappa shape index (κ1) is 16.6. The van der Waals surface area contributed by atoms with Gasteiger partial charge in [0.1, 0.15) is 5.01 Å². The Hall–Kier alpha value is -2.25. The molecule has 1 atom stereocenters. The third-order valence-corrected chi connectivity index (χ3v) is 5.07. The van der Waals surface area contributed by atoms with Crippen molar-refractivity contribution in [3.05, 3.63) is 63.3 Å². The highest BCUT2D eigenvalue weighted by Gasteiger charge is 2.23. The molecule has 0 aliphatic rings. The van der Waals surface area contributed by atoms with Crippen molar-refractivity contribution in [3.8, 4) is 0 Å². The maximum atomic E-state index is 12.6. The molecule has 0 N–H and O–H groups in total. The number of carbonyl (C=O) groups excluding carboxylic acids is 1. The molecular formula is C16H16ClN5OS. The van der Waals surface area contributed by atoms with Gasteiger partial charge in [-0.2, -0.15) is 0 Å². The van der Waals surface area contributed by atoms with Gasteiger partial charge in [0, 0.05) is 23.6 Å². The first-order chi connectivity index (χ1) is 11.6. The Morgan fingerprint density at radius 3 is 2.92 bits per heavy atom. The van der Waals surface area contributed by atoms with Gasteiger partial charge in [0.2, 0.25) is 0 Å². The average Bonchev–Trinajstić information content (AvgIpc) is 3.26. The van der Waals surface area contributed by atoms with Crippen LogP contribution >= 0.6 is 22.9 Å². The largest absolute Gasteiger partial charge is 0.331 e. The van der Waals surface area contributed by atoms with Gasteiger partial charge in [-0.3, -0.25) is 4.79 Å². The minimum atomic E-state index is -0.192. The molecule has 124 valence electrons. The zero-order valence-corrected chi connectivity index (χ0v) is 14.8. The van der Waals surface area contributed by atoms with Crippen LogP contribution in [-0.4, -0.2) is 37.8 Å². The highest BCUT2D eigenvalue weighted by Crippen LogP contribution is 2.22. The quantitative estimate of drug-likeness (QED) is 0.699. The molecule has 6 nitrogen and oxygen atoms in total. The van der Waals surface area contributed by atoms with E-state index < -0.39 is 0 Å². The van der Waals surface area contributed by atoms with E-state index in [1.54, 1.807) is 29.0 Å². The molecule has 2 heterocycles. The Morgan fingerprint density at radius 2 is 2.21 bits per heavy atom. The van der Waals surface area contributed by atoms with E-state index in [0.29, 0.717) is 17.3 Å². The molecule has 0 aliphatic heterocycles. The summed E-state index contributed by atoms with van der Waals surface area (Å²) in [6.45, 7) is 2.40. The van der Waals surface area contributed by atoms with Crippen molar-refractivity contribution < 1.29 is 4.79 Å². The Morgan fingerprint density at radius 1 is 1.42 bits per heavy atom. The second-order valence-electron chi connectivity index (χ2n) is 5.36. The van der Waals surface area contributed by atoms with Gasteiger partial charge >= 0.3 is 0 Å². The summed E-state index contributed by atoms with van der Waals surface area (Å²) in [5.41, 5.74) is 1.22. The second kappa shape index (κ2) is 7.11. The Kier molecular flexibility index (Phi) is 4.92. The van der Waals surface area contributed by atoms with Gasteiger partial charge < -0.3 is 4.90 Å². The summed E-state index contributed by atoms with van der Waals surface area (Å²) in [6.07, 6.45) is 3.37. The van der Waals surface area contributed by atoms with Gasteiger partial charge in [0.25, 0.3) is 5.91 Å². The van der Waals surface area contributed by atoms with E-state index >= 15 is 0 Å². The fraction of sp³-hybridized carbons (Fsp3) is 0.250. The zero-order chi connectivity index (χ0) is 17.1. The molecule has 0 bridgehead atoms. The van der Waals surface area contributed by atoms with Crippen molar-refractivity contribution in [2.45, 2.75) is 19.5 Å². The van der Waals surface area contributed by atoms with Crippen LogP contribution in [0.5, 0.6) is 0 Å². The minimum Gasteiger partial charge on any atom is -0.331 e. The molecule has 24 heavy (non-hydrogen) atoms. The first-order valence-electron chi connectivity index (χ1n) is 7.36. The zero-order valence-electron chi connectivity index (χ0n) is 13.3. The number of amides is 1. The smallest absolute Gasteiger partial charge is 0.276 e. The van der Waals surface area contributed by atoms with E-state index in [1.807, 2.05) is 36.6 Å². The van der Waals surface area contributed by atoms with E-state index in [2.05, 4.69) is 15.3 Å². The van der Waals surface area contributed by atoms with Crippen LogP contribution in [0.4, 0.5) is 0 Å². The second-order valence-corrected chi connectivity index (χ2v) is 6.69. The Labute approximate surface area is 148 Å². The Bertz CT molecular complexity index is 833. The predicted molar refractivity (Wildman–Crippen MR) is 93.2 cm³/mol. The molecule has 0 aliphatic carbocycles. The van der Waals surface area contributed by atoms with Gasteiger partial charge in [-0.1, -0.05) is 35.0 Å². The molecule has 0 saturated carbocycles. The highest BCUT2D eigenvalue weighted by atomic mass is 35.5. The summed E-state index contributed by atoms with van der Waals surface area (Å²) in [4.78, 5) is 18.4. The van der Waals surface area contributed by atoms with Crippen LogP contribution in [0.15, 0.2) is 42.0 Å². The van der Waals surface area contributed by atoms with Crippen molar-refractivity contribution >= 4 is 28.8 Å². The fourth-order valence-corrected chi connectivity index (χ4v) is 3.17. The lowest BCUT2D eigenvalue weighted by Crippen LogP contribution is -2.29. The number of thiazole rings is 1. The van der Waals surface area contributed by atoms with Gasteiger partial charge in [-0.25, -0.2) is 9.67 Å². The molecule has 3 aromatic rings. The summed E-state index contributed by atoms with van der Waals surface area (Å²) in [6, 6.07) is 7.40. The van der Waals surface area contributed by atoms with E-state index in [9.17, 15) is 4.79 Å². The third-order valence-electron chi connectivity index (χ3n) is 3.76. The number of carbonyl (C=O) groups is 1. The van der Waals surface area contributed by atoms with Gasteiger partial charge in [0.05, 0.1) is 18.8 Å². The number of benzene rings is 1. The lowest BCUT2D eigenvalue weighted by molar-refractivity contribution is 0.0736. The summed E-state index contributed by atoms with van der Waals surface area (Å²) in [5.74, 6) is -0.192. The number of hydrogen-bond acceptors (Lipinski definition) is 5. The van der Waals surface area contributed by atoms with Crippen LogP contribution in [0.25, 0.3) is 0 Å². The standard InChI is InChI=1S/C16H16ClN5OS/c1-11(15-18-7-8-24-15)21(2)16(23)14-10-22(20-19-14)9-12-5-3-4-6-13(12)17/h3-8,10-11H,9H2,1-2H3. The number of halogens is 1. The van der Waals surface area contributed by atoms with Gasteiger partial charge in [-0.05, 0) is 18.6 Å². The molecule has 2 aromatic heterocycles. The number of aromatic nitrogens is 4. The van der Waals surface area contributed by atoms with E-state index in [1.165, 1.54) is 11.3 Å². The molecule has 1 amide bonds. The molecule has 1 unspecified atom stereocenters. The van der Waals surface area contributed by atoms with Gasteiger partial charge in [-0.15, -0.1) is 16.4 Å². The number of hydrogen-bond donors (Lipinski definition) is 0. The SMILES string of the molecule is CC(c1nccs1)N(C)C(=O)c1cn(Cc2ccccc2Cl)nn1. The topological polar surface area (TPSA) is 63.9 Å². The van der Waals surface area contributed by atoms with Crippen molar-refractivity contribution in [3.63, 3.8) is 0 Å². The van der Waals surface area contributed by atoms with Gasteiger partial charge in [0.15, 0.2) is 5.69 Å². The van der Waals surface area contributed by atoms with Crippen LogP contribution in [0, 0.1) is 0 Å². The molecule has 0 spiro atoms. The molecule has 8 heteroatoms. The van der Waals surface area contributed by atoms with E-state index in [0.717, 1.165) is 10.6 Å². The van der Waals surface area contributed by atoms with Crippen LogP contribution < -0.4 is 0 Å². The normalized spacial score (nSPS) is 12.1. The highest BCUT2D eigenvalue weighted by molar-refractivity contribution is 7.09. The molecular weight excluding hydrogens is 346 g/mol. The monoisotopic (exact) mass is 361 g/mol. The average molecular weight is 362 g/mol. The summed E-state index contributed by atoms with van der Waals surface area (Å²) in [5, 5.41) is 11.5. The number of rotatable bonds is 5. The maximum absolute atomic E-state index is 12.6. The number of nitrogens with zero attached hydrogens (tertiary/aromatic N) is 5. The maximum Gasteiger partial charge on any atom is 0.276 e. The van der Waals surface area contributed by atoms with E-state index in [-0.39, 0.29) is 11.9 Å².